The predicted molar refractivity (Wildman–Crippen MR) is 105 cm³/mol. The Morgan fingerprint density at radius 3 is 2.64 bits per heavy atom. The second-order valence-corrected chi connectivity index (χ2v) is 7.86. The number of amides is 2. The highest BCUT2D eigenvalue weighted by atomic mass is 32.1. The number of allylic oxidation sites excluding steroid dienone is 1. The molecular weight excluding hydrogens is 332 g/mol. The average Bonchev–Trinajstić information content (AvgIpc) is 3.13. The molecule has 1 saturated carbocycles. The molecule has 2 aliphatic carbocycles. The highest BCUT2D eigenvalue weighted by Gasteiger charge is 2.30. The fourth-order valence-corrected chi connectivity index (χ4v) is 4.37. The molecule has 6 heteroatoms. The molecule has 0 aromatic carbocycles. The monoisotopic (exact) mass is 364 g/mol. The van der Waals surface area contributed by atoms with Crippen molar-refractivity contribution < 1.29 is 4.79 Å². The summed E-state index contributed by atoms with van der Waals surface area (Å²) in [6.45, 7) is 2.44. The van der Waals surface area contributed by atoms with Crippen LogP contribution in [-0.4, -0.2) is 46.8 Å². The van der Waals surface area contributed by atoms with Gasteiger partial charge in [-0.1, -0.05) is 30.9 Å². The van der Waals surface area contributed by atoms with E-state index in [1.165, 1.54) is 44.9 Å². The minimum absolute atomic E-state index is 0.0172. The van der Waals surface area contributed by atoms with E-state index in [1.807, 2.05) is 5.01 Å². The molecule has 2 fully saturated rings. The third kappa shape index (κ3) is 5.33. The molecule has 3 aliphatic rings. The zero-order valence-corrected chi connectivity index (χ0v) is 16.1. The van der Waals surface area contributed by atoms with E-state index in [2.05, 4.69) is 16.7 Å². The molecule has 1 heterocycles. The van der Waals surface area contributed by atoms with E-state index in [-0.39, 0.29) is 6.03 Å². The van der Waals surface area contributed by atoms with Crippen LogP contribution in [0.2, 0.25) is 0 Å². The third-order valence-corrected chi connectivity index (χ3v) is 5.90. The molecule has 0 radical (unpaired) electrons. The summed E-state index contributed by atoms with van der Waals surface area (Å²) >= 11 is 5.56. The molecule has 1 aliphatic heterocycles. The number of carbonyl (C=O) groups is 1. The summed E-state index contributed by atoms with van der Waals surface area (Å²) in [7, 11) is 0. The van der Waals surface area contributed by atoms with Gasteiger partial charge in [0.2, 0.25) is 0 Å². The van der Waals surface area contributed by atoms with E-state index in [1.54, 1.807) is 10.6 Å². The van der Waals surface area contributed by atoms with Crippen LogP contribution in [0.25, 0.3) is 0 Å². The first-order valence-corrected chi connectivity index (χ1v) is 10.5. The molecule has 0 spiro atoms. The SMILES string of the molecule is O=C(NC1CCCCC1)N1CCCN1C(=S)NCCC1=CCCCC1. The number of nitrogens with one attached hydrogen (secondary N) is 2. The summed E-state index contributed by atoms with van der Waals surface area (Å²) in [5.41, 5.74) is 1.55. The third-order valence-electron chi connectivity index (χ3n) is 5.54. The van der Waals surface area contributed by atoms with Crippen LogP contribution in [0.15, 0.2) is 11.6 Å². The molecule has 1 saturated heterocycles. The zero-order valence-electron chi connectivity index (χ0n) is 15.3. The molecule has 25 heavy (non-hydrogen) atoms. The van der Waals surface area contributed by atoms with Gasteiger partial charge >= 0.3 is 6.03 Å². The Labute approximate surface area is 157 Å². The van der Waals surface area contributed by atoms with Gasteiger partial charge in [0.1, 0.15) is 0 Å². The molecule has 2 amide bonds. The van der Waals surface area contributed by atoms with Gasteiger partial charge in [-0.3, -0.25) is 5.01 Å². The van der Waals surface area contributed by atoms with E-state index in [4.69, 9.17) is 12.2 Å². The molecule has 0 aromatic heterocycles. The molecule has 0 atom stereocenters. The summed E-state index contributed by atoms with van der Waals surface area (Å²) in [6, 6.07) is 0.354. The van der Waals surface area contributed by atoms with Crippen molar-refractivity contribution in [3.63, 3.8) is 0 Å². The Morgan fingerprint density at radius 1 is 1.08 bits per heavy atom. The van der Waals surface area contributed by atoms with Crippen molar-refractivity contribution in [2.75, 3.05) is 19.6 Å². The van der Waals surface area contributed by atoms with E-state index in [9.17, 15) is 4.79 Å². The Hall–Kier alpha value is -1.30. The Morgan fingerprint density at radius 2 is 1.88 bits per heavy atom. The highest BCUT2D eigenvalue weighted by Crippen LogP contribution is 2.20. The highest BCUT2D eigenvalue weighted by molar-refractivity contribution is 7.80. The molecule has 5 nitrogen and oxygen atoms in total. The van der Waals surface area contributed by atoms with Crippen LogP contribution >= 0.6 is 12.2 Å². The molecule has 0 aromatic rings. The van der Waals surface area contributed by atoms with Gasteiger partial charge < -0.3 is 10.6 Å². The van der Waals surface area contributed by atoms with Crippen LogP contribution in [-0.2, 0) is 0 Å². The van der Waals surface area contributed by atoms with Gasteiger partial charge in [-0.2, -0.15) is 0 Å². The Bertz CT molecular complexity index is 502. The second-order valence-electron chi connectivity index (χ2n) is 7.47. The largest absolute Gasteiger partial charge is 0.361 e. The number of nitrogens with zero attached hydrogens (tertiary/aromatic N) is 2. The molecule has 140 valence electrons. The molecule has 3 rings (SSSR count). The molecule has 0 bridgehead atoms. The first kappa shape index (κ1) is 18.5. The summed E-state index contributed by atoms with van der Waals surface area (Å²) in [4.78, 5) is 12.6. The van der Waals surface area contributed by atoms with Gasteiger partial charge in [0.15, 0.2) is 5.11 Å². The van der Waals surface area contributed by atoms with Crippen LogP contribution in [0, 0.1) is 0 Å². The summed E-state index contributed by atoms with van der Waals surface area (Å²) in [5.74, 6) is 0. The zero-order chi connectivity index (χ0) is 17.5. The maximum absolute atomic E-state index is 12.6. The Balaban J connectivity index is 1.44. The number of urea groups is 1. The van der Waals surface area contributed by atoms with Gasteiger partial charge in [-0.15, -0.1) is 0 Å². The number of hydrogen-bond acceptors (Lipinski definition) is 2. The fourth-order valence-electron chi connectivity index (χ4n) is 4.08. The first-order chi connectivity index (χ1) is 12.2. The lowest BCUT2D eigenvalue weighted by molar-refractivity contribution is 0.119. The van der Waals surface area contributed by atoms with E-state index < -0.39 is 0 Å². The smallest absolute Gasteiger partial charge is 0.336 e. The van der Waals surface area contributed by atoms with Gasteiger partial charge in [0, 0.05) is 25.7 Å². The van der Waals surface area contributed by atoms with Gasteiger partial charge in [0.25, 0.3) is 0 Å². The molecular formula is C19H32N4OS. The van der Waals surface area contributed by atoms with Crippen molar-refractivity contribution in [3.05, 3.63) is 11.6 Å². The van der Waals surface area contributed by atoms with E-state index >= 15 is 0 Å². The number of thiocarbonyl (C=S) groups is 1. The van der Waals surface area contributed by atoms with E-state index in [0.717, 1.165) is 45.3 Å². The predicted octanol–water partition coefficient (Wildman–Crippen LogP) is 3.72. The lowest BCUT2D eigenvalue weighted by atomic mass is 9.96. The average molecular weight is 365 g/mol. The topological polar surface area (TPSA) is 47.6 Å². The second kappa shape index (κ2) is 9.41. The maximum Gasteiger partial charge on any atom is 0.336 e. The first-order valence-electron chi connectivity index (χ1n) is 10.1. The number of hydrogen-bond donors (Lipinski definition) is 2. The summed E-state index contributed by atoms with van der Waals surface area (Å²) in [5, 5.41) is 11.0. The minimum Gasteiger partial charge on any atom is -0.361 e. The number of rotatable bonds is 4. The van der Waals surface area contributed by atoms with Crippen molar-refractivity contribution in [1.29, 1.82) is 0 Å². The van der Waals surface area contributed by atoms with Gasteiger partial charge in [-0.05, 0) is 63.6 Å². The lowest BCUT2D eigenvalue weighted by Gasteiger charge is -2.32. The van der Waals surface area contributed by atoms with Gasteiger partial charge in [0.05, 0.1) is 0 Å². The summed E-state index contributed by atoms with van der Waals surface area (Å²) in [6.07, 6.45) is 15.5. The van der Waals surface area contributed by atoms with Crippen LogP contribution in [0.4, 0.5) is 4.79 Å². The normalized spacial score (nSPS) is 21.8. The van der Waals surface area contributed by atoms with Crippen LogP contribution < -0.4 is 10.6 Å². The van der Waals surface area contributed by atoms with Crippen LogP contribution in [0.3, 0.4) is 0 Å². The minimum atomic E-state index is 0.0172. The fraction of sp³-hybridized carbons (Fsp3) is 0.789. The number of carbonyl (C=O) groups excluding carboxylic acids is 1. The van der Waals surface area contributed by atoms with Crippen molar-refractivity contribution in [2.45, 2.75) is 76.7 Å². The van der Waals surface area contributed by atoms with E-state index in [0.29, 0.717) is 11.2 Å². The molecule has 0 unspecified atom stereocenters. The van der Waals surface area contributed by atoms with Crippen molar-refractivity contribution in [3.8, 4) is 0 Å². The van der Waals surface area contributed by atoms with Crippen LogP contribution in [0.1, 0.15) is 70.6 Å². The van der Waals surface area contributed by atoms with Crippen molar-refractivity contribution in [2.24, 2.45) is 0 Å². The number of hydrazine groups is 1. The quantitative estimate of drug-likeness (QED) is 0.590. The van der Waals surface area contributed by atoms with Gasteiger partial charge in [-0.25, -0.2) is 9.80 Å². The van der Waals surface area contributed by atoms with Crippen molar-refractivity contribution in [1.82, 2.24) is 20.7 Å². The van der Waals surface area contributed by atoms with Crippen molar-refractivity contribution >= 4 is 23.4 Å². The standard InChI is InChI=1S/C19H32N4OS/c24-18(21-17-10-5-2-6-11-17)22-14-7-15-23(22)19(25)20-13-12-16-8-3-1-4-9-16/h8,17H,1-7,9-15H2,(H,20,25)(H,21,24). The summed E-state index contributed by atoms with van der Waals surface area (Å²) < 4.78 is 0. The lowest BCUT2D eigenvalue weighted by Crippen LogP contribution is -2.54. The Kier molecular flexibility index (Phi) is 6.96. The maximum atomic E-state index is 12.6. The van der Waals surface area contributed by atoms with Crippen LogP contribution in [0.5, 0.6) is 0 Å². The molecule has 2 N–H and O–H groups in total.